The molecule has 1 saturated heterocycles. The molecule has 1 aromatic heterocycles. The molecule has 0 spiro atoms. The Kier molecular flexibility index (Phi) is 5.63. The number of benzene rings is 2. The Morgan fingerprint density at radius 3 is 2.64 bits per heavy atom. The van der Waals surface area contributed by atoms with E-state index in [9.17, 15) is 4.79 Å². The zero-order chi connectivity index (χ0) is 19.3. The minimum absolute atomic E-state index is 0.0190. The van der Waals surface area contributed by atoms with Gasteiger partial charge in [-0.1, -0.05) is 48.5 Å². The van der Waals surface area contributed by atoms with Gasteiger partial charge in [0.1, 0.15) is 11.3 Å². The fourth-order valence-electron chi connectivity index (χ4n) is 3.74. The van der Waals surface area contributed by atoms with Gasteiger partial charge in [-0.25, -0.2) is 4.79 Å². The van der Waals surface area contributed by atoms with Gasteiger partial charge >= 0.3 is 6.03 Å². The van der Waals surface area contributed by atoms with Gasteiger partial charge in [0.2, 0.25) is 0 Å². The van der Waals surface area contributed by atoms with E-state index in [0.717, 1.165) is 55.9 Å². The summed E-state index contributed by atoms with van der Waals surface area (Å²) in [6, 6.07) is 20.2. The van der Waals surface area contributed by atoms with E-state index in [4.69, 9.17) is 4.42 Å². The number of nitrogens with one attached hydrogen (secondary N) is 1. The van der Waals surface area contributed by atoms with Gasteiger partial charge in [-0.2, -0.15) is 0 Å². The van der Waals surface area contributed by atoms with E-state index in [1.807, 2.05) is 48.2 Å². The third-order valence-corrected chi connectivity index (χ3v) is 5.34. The zero-order valence-corrected chi connectivity index (χ0v) is 16.3. The minimum Gasteiger partial charge on any atom is -0.459 e. The van der Waals surface area contributed by atoms with E-state index < -0.39 is 0 Å². The van der Waals surface area contributed by atoms with Crippen LogP contribution >= 0.6 is 0 Å². The van der Waals surface area contributed by atoms with Crippen LogP contribution in [0.25, 0.3) is 11.0 Å². The molecule has 5 heteroatoms. The molecule has 146 valence electrons. The number of furan rings is 1. The van der Waals surface area contributed by atoms with Crippen molar-refractivity contribution in [3.8, 4) is 0 Å². The third kappa shape index (κ3) is 4.37. The Labute approximate surface area is 165 Å². The Morgan fingerprint density at radius 2 is 1.82 bits per heavy atom. The Hall–Kier alpha value is -2.79. The van der Waals surface area contributed by atoms with Gasteiger partial charge in [-0.3, -0.25) is 4.90 Å². The van der Waals surface area contributed by atoms with Crippen LogP contribution in [0.4, 0.5) is 4.79 Å². The van der Waals surface area contributed by atoms with Crippen LogP contribution in [-0.4, -0.2) is 42.0 Å². The number of fused-ring (bicyclic) bond motifs is 1. The highest BCUT2D eigenvalue weighted by Crippen LogP contribution is 2.23. The highest BCUT2D eigenvalue weighted by molar-refractivity contribution is 5.78. The third-order valence-electron chi connectivity index (χ3n) is 5.34. The lowest BCUT2D eigenvalue weighted by Crippen LogP contribution is -2.42. The van der Waals surface area contributed by atoms with Crippen molar-refractivity contribution in [3.05, 3.63) is 72.0 Å². The molecular formula is C23H27N3O2. The van der Waals surface area contributed by atoms with E-state index in [1.165, 1.54) is 5.56 Å². The maximum absolute atomic E-state index is 12.8. The minimum atomic E-state index is -0.163. The molecule has 0 bridgehead atoms. The Morgan fingerprint density at radius 1 is 1.04 bits per heavy atom. The molecule has 0 aliphatic carbocycles. The average molecular weight is 377 g/mol. The molecule has 1 aliphatic heterocycles. The lowest BCUT2D eigenvalue weighted by molar-refractivity contribution is 0.193. The summed E-state index contributed by atoms with van der Waals surface area (Å²) in [5, 5.41) is 4.15. The fraction of sp³-hybridized carbons (Fsp3) is 0.348. The van der Waals surface area contributed by atoms with Gasteiger partial charge in [-0.15, -0.1) is 0 Å². The largest absolute Gasteiger partial charge is 0.459 e. The molecule has 1 fully saturated rings. The maximum Gasteiger partial charge on any atom is 0.318 e. The summed E-state index contributed by atoms with van der Waals surface area (Å²) >= 11 is 0. The molecule has 1 atom stereocenters. The van der Waals surface area contributed by atoms with Crippen LogP contribution in [0.15, 0.2) is 65.1 Å². The number of urea groups is 1. The summed E-state index contributed by atoms with van der Waals surface area (Å²) < 4.78 is 5.88. The SMILES string of the molecule is CC(NC(=O)N1CCCN(Cc2ccccc2)CC1)c1cc2ccccc2o1. The van der Waals surface area contributed by atoms with Gasteiger partial charge in [0.05, 0.1) is 6.04 Å². The summed E-state index contributed by atoms with van der Waals surface area (Å²) in [7, 11) is 0. The smallest absolute Gasteiger partial charge is 0.318 e. The van der Waals surface area contributed by atoms with Crippen LogP contribution in [0.3, 0.4) is 0 Å². The van der Waals surface area contributed by atoms with E-state index in [0.29, 0.717) is 0 Å². The van der Waals surface area contributed by atoms with Crippen molar-refractivity contribution in [2.75, 3.05) is 26.2 Å². The molecule has 1 unspecified atom stereocenters. The van der Waals surface area contributed by atoms with Crippen molar-refractivity contribution in [1.29, 1.82) is 0 Å². The number of hydrogen-bond acceptors (Lipinski definition) is 3. The Balaban J connectivity index is 1.33. The number of amides is 2. The first-order valence-corrected chi connectivity index (χ1v) is 9.99. The fourth-order valence-corrected chi connectivity index (χ4v) is 3.74. The maximum atomic E-state index is 12.8. The molecule has 0 saturated carbocycles. The molecule has 1 N–H and O–H groups in total. The van der Waals surface area contributed by atoms with Crippen LogP contribution in [0.2, 0.25) is 0 Å². The van der Waals surface area contributed by atoms with E-state index in [-0.39, 0.29) is 12.1 Å². The molecule has 0 radical (unpaired) electrons. The number of rotatable bonds is 4. The number of nitrogens with zero attached hydrogens (tertiary/aromatic N) is 2. The molecule has 5 nitrogen and oxygen atoms in total. The highest BCUT2D eigenvalue weighted by Gasteiger charge is 2.22. The molecule has 2 heterocycles. The van der Waals surface area contributed by atoms with Gasteiger partial charge < -0.3 is 14.6 Å². The Bertz CT molecular complexity index is 889. The van der Waals surface area contributed by atoms with Gasteiger partial charge in [0.15, 0.2) is 0 Å². The molecule has 3 aromatic rings. The molecule has 1 aliphatic rings. The number of carbonyl (C=O) groups is 1. The second-order valence-corrected chi connectivity index (χ2v) is 7.46. The van der Waals surface area contributed by atoms with E-state index >= 15 is 0 Å². The van der Waals surface area contributed by atoms with Gasteiger partial charge in [-0.05, 0) is 31.0 Å². The first-order chi connectivity index (χ1) is 13.7. The van der Waals surface area contributed by atoms with Crippen LogP contribution in [0.1, 0.15) is 30.7 Å². The molecule has 2 amide bonds. The van der Waals surface area contributed by atoms with Crippen molar-refractivity contribution in [3.63, 3.8) is 0 Å². The first-order valence-electron chi connectivity index (χ1n) is 9.99. The molecule has 28 heavy (non-hydrogen) atoms. The van der Waals surface area contributed by atoms with Crippen molar-refractivity contribution >= 4 is 17.0 Å². The predicted molar refractivity (Wildman–Crippen MR) is 111 cm³/mol. The standard InChI is InChI=1S/C23H27N3O2/c1-18(22-16-20-10-5-6-11-21(20)28-22)24-23(27)26-13-7-12-25(14-15-26)17-19-8-3-2-4-9-19/h2-6,8-11,16,18H,7,12-15,17H2,1H3,(H,24,27). The van der Waals surface area contributed by atoms with E-state index in [2.05, 4.69) is 34.5 Å². The highest BCUT2D eigenvalue weighted by atomic mass is 16.3. The van der Waals surface area contributed by atoms with Crippen molar-refractivity contribution in [1.82, 2.24) is 15.1 Å². The second kappa shape index (κ2) is 8.48. The van der Waals surface area contributed by atoms with Crippen LogP contribution in [0, 0.1) is 0 Å². The first kappa shape index (κ1) is 18.6. The van der Waals surface area contributed by atoms with Gasteiger partial charge in [0.25, 0.3) is 0 Å². The van der Waals surface area contributed by atoms with Crippen molar-refractivity contribution in [2.24, 2.45) is 0 Å². The summed E-state index contributed by atoms with van der Waals surface area (Å²) in [4.78, 5) is 17.1. The lowest BCUT2D eigenvalue weighted by atomic mass is 10.2. The summed E-state index contributed by atoms with van der Waals surface area (Å²) in [5.74, 6) is 0.787. The molecule has 2 aromatic carbocycles. The monoisotopic (exact) mass is 377 g/mol. The average Bonchev–Trinajstić information content (AvgIpc) is 3.02. The second-order valence-electron chi connectivity index (χ2n) is 7.46. The van der Waals surface area contributed by atoms with Crippen LogP contribution in [-0.2, 0) is 6.54 Å². The van der Waals surface area contributed by atoms with Gasteiger partial charge in [0, 0.05) is 38.1 Å². The number of hydrogen-bond donors (Lipinski definition) is 1. The van der Waals surface area contributed by atoms with Crippen LogP contribution in [0.5, 0.6) is 0 Å². The predicted octanol–water partition coefficient (Wildman–Crippen LogP) is 4.41. The number of carbonyl (C=O) groups excluding carboxylic acids is 1. The van der Waals surface area contributed by atoms with Crippen molar-refractivity contribution in [2.45, 2.75) is 25.9 Å². The lowest BCUT2D eigenvalue weighted by Gasteiger charge is -2.24. The zero-order valence-electron chi connectivity index (χ0n) is 16.3. The summed E-state index contributed by atoms with van der Waals surface area (Å²) in [6.45, 7) is 6.33. The van der Waals surface area contributed by atoms with Crippen LogP contribution < -0.4 is 5.32 Å². The topological polar surface area (TPSA) is 48.7 Å². The normalized spacial score (nSPS) is 16.7. The molecule has 4 rings (SSSR count). The van der Waals surface area contributed by atoms with Crippen molar-refractivity contribution < 1.29 is 9.21 Å². The number of para-hydroxylation sites is 1. The quantitative estimate of drug-likeness (QED) is 0.733. The van der Waals surface area contributed by atoms with E-state index in [1.54, 1.807) is 0 Å². The summed E-state index contributed by atoms with van der Waals surface area (Å²) in [6.07, 6.45) is 0.985. The summed E-state index contributed by atoms with van der Waals surface area (Å²) in [5.41, 5.74) is 2.17. The molecular weight excluding hydrogens is 350 g/mol.